The van der Waals surface area contributed by atoms with E-state index in [1.807, 2.05) is 6.07 Å². The second-order valence-electron chi connectivity index (χ2n) is 3.76. The third-order valence-electron chi connectivity index (χ3n) is 2.87. The molecule has 0 amide bonds. The van der Waals surface area contributed by atoms with Crippen LogP contribution in [0.2, 0.25) is 0 Å². The molecule has 1 aromatic carbocycles. The molecule has 72 valence electrons. The smallest absolute Gasteiger partial charge is 0.120 e. The van der Waals surface area contributed by atoms with Crippen LogP contribution in [0.15, 0.2) is 42.5 Å². The van der Waals surface area contributed by atoms with Gasteiger partial charge in [0, 0.05) is 12.3 Å². The van der Waals surface area contributed by atoms with Crippen LogP contribution in [-0.4, -0.2) is 6.29 Å². The number of carbonyl (C=O) groups is 1. The van der Waals surface area contributed by atoms with E-state index >= 15 is 0 Å². The van der Waals surface area contributed by atoms with E-state index < -0.39 is 0 Å². The molecule has 0 heterocycles. The Hall–Kier alpha value is -1.37. The molecule has 14 heavy (non-hydrogen) atoms. The first-order valence-corrected chi connectivity index (χ1v) is 5.07. The Morgan fingerprint density at radius 1 is 1.29 bits per heavy atom. The standard InChI is InChI=1S/C13H14O/c14-10-9-12-7-4-8-13(12)11-5-2-1-3-6-11/h1-6,8,10,12-13H,7,9H2/t12-,13?/m1/s1. The Balaban J connectivity index is 2.17. The third-order valence-corrected chi connectivity index (χ3v) is 2.87. The van der Waals surface area contributed by atoms with E-state index in [-0.39, 0.29) is 0 Å². The fourth-order valence-corrected chi connectivity index (χ4v) is 2.13. The summed E-state index contributed by atoms with van der Waals surface area (Å²) in [5.41, 5.74) is 1.33. The van der Waals surface area contributed by atoms with Crippen LogP contribution in [-0.2, 0) is 4.79 Å². The molecule has 0 radical (unpaired) electrons. The number of carbonyl (C=O) groups excluding carboxylic acids is 1. The van der Waals surface area contributed by atoms with Gasteiger partial charge in [0.05, 0.1) is 0 Å². The van der Waals surface area contributed by atoms with Crippen LogP contribution in [0.3, 0.4) is 0 Å². The van der Waals surface area contributed by atoms with Gasteiger partial charge in [-0.1, -0.05) is 42.5 Å². The first kappa shape index (κ1) is 9.20. The molecule has 1 heteroatoms. The minimum atomic E-state index is 0.446. The molecule has 0 aromatic heterocycles. The van der Waals surface area contributed by atoms with Gasteiger partial charge in [0.2, 0.25) is 0 Å². The van der Waals surface area contributed by atoms with Crippen molar-refractivity contribution >= 4 is 6.29 Å². The van der Waals surface area contributed by atoms with Crippen molar-refractivity contribution < 1.29 is 4.79 Å². The fourth-order valence-electron chi connectivity index (χ4n) is 2.13. The van der Waals surface area contributed by atoms with E-state index in [0.29, 0.717) is 18.3 Å². The zero-order chi connectivity index (χ0) is 9.80. The molecule has 1 nitrogen and oxygen atoms in total. The maximum atomic E-state index is 10.5. The molecule has 1 aliphatic carbocycles. The van der Waals surface area contributed by atoms with Crippen LogP contribution < -0.4 is 0 Å². The van der Waals surface area contributed by atoms with Crippen molar-refractivity contribution in [2.24, 2.45) is 5.92 Å². The highest BCUT2D eigenvalue weighted by Crippen LogP contribution is 2.35. The highest BCUT2D eigenvalue weighted by atomic mass is 16.1. The lowest BCUT2D eigenvalue weighted by Crippen LogP contribution is -2.06. The summed E-state index contributed by atoms with van der Waals surface area (Å²) in [6.45, 7) is 0. The van der Waals surface area contributed by atoms with Crippen molar-refractivity contribution in [3.8, 4) is 0 Å². The maximum absolute atomic E-state index is 10.5. The van der Waals surface area contributed by atoms with Gasteiger partial charge >= 0.3 is 0 Å². The number of hydrogen-bond acceptors (Lipinski definition) is 1. The quantitative estimate of drug-likeness (QED) is 0.524. The Kier molecular flexibility index (Phi) is 2.78. The first-order chi connectivity index (χ1) is 6.92. The number of allylic oxidation sites excluding steroid dienone is 2. The Bertz CT molecular complexity index is 326. The van der Waals surface area contributed by atoms with Crippen LogP contribution in [0.25, 0.3) is 0 Å². The summed E-state index contributed by atoms with van der Waals surface area (Å²) in [6, 6.07) is 10.4. The van der Waals surface area contributed by atoms with Gasteiger partial charge in [-0.25, -0.2) is 0 Å². The minimum absolute atomic E-state index is 0.446. The molecule has 1 aliphatic rings. The molecule has 0 saturated heterocycles. The molecule has 0 fully saturated rings. The van der Waals surface area contributed by atoms with Crippen molar-refractivity contribution in [1.82, 2.24) is 0 Å². The van der Waals surface area contributed by atoms with E-state index in [1.54, 1.807) is 0 Å². The van der Waals surface area contributed by atoms with Gasteiger partial charge in [-0.05, 0) is 17.9 Å². The molecule has 0 saturated carbocycles. The average Bonchev–Trinajstić information content (AvgIpc) is 2.68. The van der Waals surface area contributed by atoms with Gasteiger partial charge in [0.15, 0.2) is 0 Å². The molecule has 2 atom stereocenters. The predicted octanol–water partition coefficient (Wildman–Crippen LogP) is 2.94. The zero-order valence-electron chi connectivity index (χ0n) is 8.10. The zero-order valence-corrected chi connectivity index (χ0v) is 8.10. The normalized spacial score (nSPS) is 25.1. The molecule has 1 unspecified atom stereocenters. The molecule has 0 spiro atoms. The Labute approximate surface area is 84.5 Å². The Morgan fingerprint density at radius 3 is 2.79 bits per heavy atom. The predicted molar refractivity (Wildman–Crippen MR) is 57.1 cm³/mol. The van der Waals surface area contributed by atoms with E-state index in [4.69, 9.17) is 0 Å². The van der Waals surface area contributed by atoms with E-state index in [0.717, 1.165) is 12.7 Å². The molecule has 0 aliphatic heterocycles. The minimum Gasteiger partial charge on any atom is -0.303 e. The van der Waals surface area contributed by atoms with E-state index in [1.165, 1.54) is 5.56 Å². The van der Waals surface area contributed by atoms with Crippen molar-refractivity contribution in [3.63, 3.8) is 0 Å². The van der Waals surface area contributed by atoms with Crippen molar-refractivity contribution in [3.05, 3.63) is 48.0 Å². The third kappa shape index (κ3) is 1.77. The molecule has 0 bridgehead atoms. The number of hydrogen-bond donors (Lipinski definition) is 0. The lowest BCUT2D eigenvalue weighted by Gasteiger charge is -2.16. The highest BCUT2D eigenvalue weighted by Gasteiger charge is 2.23. The molecular weight excluding hydrogens is 172 g/mol. The number of benzene rings is 1. The summed E-state index contributed by atoms with van der Waals surface area (Å²) in [6.07, 6.45) is 7.16. The Morgan fingerprint density at radius 2 is 2.07 bits per heavy atom. The van der Waals surface area contributed by atoms with Gasteiger partial charge in [-0.2, -0.15) is 0 Å². The first-order valence-electron chi connectivity index (χ1n) is 5.07. The van der Waals surface area contributed by atoms with Gasteiger partial charge in [-0.3, -0.25) is 0 Å². The summed E-state index contributed by atoms with van der Waals surface area (Å²) in [7, 11) is 0. The summed E-state index contributed by atoms with van der Waals surface area (Å²) in [5, 5.41) is 0. The second-order valence-corrected chi connectivity index (χ2v) is 3.76. The second kappa shape index (κ2) is 4.23. The molecule has 0 N–H and O–H groups in total. The van der Waals surface area contributed by atoms with Crippen LogP contribution in [0.4, 0.5) is 0 Å². The van der Waals surface area contributed by atoms with Crippen LogP contribution in [0, 0.1) is 5.92 Å². The molecule has 2 rings (SSSR count). The summed E-state index contributed by atoms with van der Waals surface area (Å²) in [4.78, 5) is 10.5. The molecule has 1 aromatic rings. The topological polar surface area (TPSA) is 17.1 Å². The van der Waals surface area contributed by atoms with Gasteiger partial charge in [-0.15, -0.1) is 0 Å². The maximum Gasteiger partial charge on any atom is 0.120 e. The van der Waals surface area contributed by atoms with E-state index in [2.05, 4.69) is 36.4 Å². The average molecular weight is 186 g/mol. The SMILES string of the molecule is O=CC[C@H]1CC=CC1c1ccccc1. The van der Waals surface area contributed by atoms with Gasteiger partial charge in [0.25, 0.3) is 0 Å². The lowest BCUT2D eigenvalue weighted by molar-refractivity contribution is -0.108. The fraction of sp³-hybridized carbons (Fsp3) is 0.308. The van der Waals surface area contributed by atoms with Gasteiger partial charge < -0.3 is 4.79 Å². The summed E-state index contributed by atoms with van der Waals surface area (Å²) < 4.78 is 0. The summed E-state index contributed by atoms with van der Waals surface area (Å²) in [5.74, 6) is 0.927. The lowest BCUT2D eigenvalue weighted by atomic mass is 9.87. The van der Waals surface area contributed by atoms with Crippen molar-refractivity contribution in [2.45, 2.75) is 18.8 Å². The molecular formula is C13H14O. The summed E-state index contributed by atoms with van der Waals surface area (Å²) >= 11 is 0. The largest absolute Gasteiger partial charge is 0.303 e. The van der Waals surface area contributed by atoms with Crippen LogP contribution >= 0.6 is 0 Å². The van der Waals surface area contributed by atoms with E-state index in [9.17, 15) is 4.79 Å². The monoisotopic (exact) mass is 186 g/mol. The van der Waals surface area contributed by atoms with Crippen molar-refractivity contribution in [1.29, 1.82) is 0 Å². The van der Waals surface area contributed by atoms with Crippen LogP contribution in [0.1, 0.15) is 24.3 Å². The van der Waals surface area contributed by atoms with Gasteiger partial charge in [0.1, 0.15) is 6.29 Å². The van der Waals surface area contributed by atoms with Crippen molar-refractivity contribution in [2.75, 3.05) is 0 Å². The number of aldehydes is 1. The number of rotatable bonds is 3. The van der Waals surface area contributed by atoms with Crippen LogP contribution in [0.5, 0.6) is 0 Å². The highest BCUT2D eigenvalue weighted by molar-refractivity contribution is 5.51.